The highest BCUT2D eigenvalue weighted by atomic mass is 32.2. The van der Waals surface area contributed by atoms with Crippen LogP contribution in [0.3, 0.4) is 0 Å². The average molecular weight is 417 g/mol. The van der Waals surface area contributed by atoms with Crippen molar-refractivity contribution in [1.29, 1.82) is 0 Å². The Hall–Kier alpha value is -2.28. The lowest BCUT2D eigenvalue weighted by Gasteiger charge is -2.32. The van der Waals surface area contributed by atoms with Crippen molar-refractivity contribution < 1.29 is 28.2 Å². The lowest BCUT2D eigenvalue weighted by Crippen LogP contribution is -2.45. The third-order valence-electron chi connectivity index (χ3n) is 3.86. The van der Waals surface area contributed by atoms with Gasteiger partial charge in [-0.2, -0.15) is 0 Å². The molecule has 0 unspecified atom stereocenters. The number of imidazole rings is 1. The van der Waals surface area contributed by atoms with E-state index in [4.69, 9.17) is 10.2 Å². The minimum absolute atomic E-state index is 0.0830. The molecular formula is C16H27N5O6S. The van der Waals surface area contributed by atoms with Crippen molar-refractivity contribution in [3.8, 4) is 0 Å². The summed E-state index contributed by atoms with van der Waals surface area (Å²) in [6.07, 6.45) is 4.92. The number of hydrogen-bond donors (Lipinski definition) is 3. The maximum atomic E-state index is 11.9. The second kappa shape index (κ2) is 11.5. The van der Waals surface area contributed by atoms with Crippen molar-refractivity contribution in [3.05, 3.63) is 24.7 Å². The van der Waals surface area contributed by atoms with Crippen LogP contribution in [0.15, 0.2) is 29.7 Å². The van der Waals surface area contributed by atoms with Gasteiger partial charge in [-0.25, -0.2) is 27.7 Å². The number of aryl methyl sites for hydroxylation is 1. The minimum atomic E-state index is -3.46. The van der Waals surface area contributed by atoms with Crippen LogP contribution in [0, 0.1) is 0 Å². The summed E-state index contributed by atoms with van der Waals surface area (Å²) in [6.45, 7) is 5.66. The number of carboxylic acids is 2. The number of rotatable bonds is 8. The van der Waals surface area contributed by atoms with Gasteiger partial charge in [0.05, 0.1) is 6.33 Å². The molecule has 158 valence electrons. The third-order valence-corrected chi connectivity index (χ3v) is 5.21. The van der Waals surface area contributed by atoms with Crippen LogP contribution in [0.25, 0.3) is 0 Å². The second-order valence-electron chi connectivity index (χ2n) is 6.28. The zero-order valence-electron chi connectivity index (χ0n) is 16.0. The fourth-order valence-corrected chi connectivity index (χ4v) is 3.38. The Kier molecular flexibility index (Phi) is 9.79. The van der Waals surface area contributed by atoms with Crippen LogP contribution < -0.4 is 4.72 Å². The maximum absolute atomic E-state index is 11.9. The van der Waals surface area contributed by atoms with Gasteiger partial charge in [-0.3, -0.25) is 0 Å². The molecule has 11 nitrogen and oxygen atoms in total. The van der Waals surface area contributed by atoms with E-state index in [1.807, 2.05) is 0 Å². The molecule has 1 fully saturated rings. The Morgan fingerprint density at radius 3 is 2.18 bits per heavy atom. The van der Waals surface area contributed by atoms with Gasteiger partial charge in [0, 0.05) is 58.1 Å². The fraction of sp³-hybridized carbons (Fsp3) is 0.562. The molecule has 1 aliphatic rings. The van der Waals surface area contributed by atoms with Crippen molar-refractivity contribution in [2.75, 3.05) is 46.3 Å². The van der Waals surface area contributed by atoms with Crippen LogP contribution in [0.5, 0.6) is 0 Å². The highest BCUT2D eigenvalue weighted by Crippen LogP contribution is 2.04. The molecule has 0 aliphatic carbocycles. The summed E-state index contributed by atoms with van der Waals surface area (Å²) in [5.41, 5.74) is 0. The van der Waals surface area contributed by atoms with Crippen LogP contribution in [-0.4, -0.2) is 96.2 Å². The van der Waals surface area contributed by atoms with E-state index in [0.717, 1.165) is 39.1 Å². The summed E-state index contributed by atoms with van der Waals surface area (Å²) in [5.74, 6) is -2.51. The molecular weight excluding hydrogens is 390 g/mol. The molecule has 0 amide bonds. The summed E-state index contributed by atoms with van der Waals surface area (Å²) in [4.78, 5) is 27.6. The van der Waals surface area contributed by atoms with Gasteiger partial charge in [-0.15, -0.1) is 0 Å². The highest BCUT2D eigenvalue weighted by Gasteiger charge is 2.17. The standard InChI is InChI=1S/C12H23N5O2S.C4H4O4/c1-15-6-8-17(9-7-15)5-3-4-14-20(18,19)12-10-16(2)11-13-12;5-3(6)1-2-4(7)8/h10-11,14H,3-9H2,1-2H3;1-2H,(H,5,6)(H,7,8)/b;2-1+. The van der Waals surface area contributed by atoms with Crippen molar-refractivity contribution in [2.45, 2.75) is 11.4 Å². The van der Waals surface area contributed by atoms with Gasteiger partial charge in [-0.1, -0.05) is 0 Å². The third kappa shape index (κ3) is 9.60. The van der Waals surface area contributed by atoms with E-state index in [-0.39, 0.29) is 5.03 Å². The molecule has 0 aromatic carbocycles. The van der Waals surface area contributed by atoms with E-state index in [1.54, 1.807) is 11.6 Å². The number of aliphatic carboxylic acids is 2. The molecule has 3 N–H and O–H groups in total. The molecule has 1 aromatic rings. The summed E-state index contributed by atoms with van der Waals surface area (Å²) in [6, 6.07) is 0. The predicted molar refractivity (Wildman–Crippen MR) is 101 cm³/mol. The molecule has 2 rings (SSSR count). The number of carbonyl (C=O) groups is 2. The first-order chi connectivity index (χ1) is 13.1. The summed E-state index contributed by atoms with van der Waals surface area (Å²) < 4.78 is 28.1. The van der Waals surface area contributed by atoms with Crippen molar-refractivity contribution in [1.82, 2.24) is 24.1 Å². The summed E-state index contributed by atoms with van der Waals surface area (Å²) >= 11 is 0. The quantitative estimate of drug-likeness (QED) is 0.360. The van der Waals surface area contributed by atoms with Gasteiger partial charge >= 0.3 is 11.9 Å². The minimum Gasteiger partial charge on any atom is -0.478 e. The van der Waals surface area contributed by atoms with Crippen LogP contribution >= 0.6 is 0 Å². The molecule has 12 heteroatoms. The first-order valence-electron chi connectivity index (χ1n) is 8.62. The predicted octanol–water partition coefficient (Wildman–Crippen LogP) is -0.952. The lowest BCUT2D eigenvalue weighted by atomic mass is 10.3. The van der Waals surface area contributed by atoms with Gasteiger partial charge < -0.3 is 24.6 Å². The molecule has 0 atom stereocenters. The van der Waals surface area contributed by atoms with Crippen molar-refractivity contribution in [2.24, 2.45) is 7.05 Å². The number of carboxylic acid groups (broad SMARTS) is 2. The smallest absolute Gasteiger partial charge is 0.328 e. The number of likely N-dealkylation sites (N-methyl/N-ethyl adjacent to an activating group) is 1. The van der Waals surface area contributed by atoms with E-state index < -0.39 is 22.0 Å². The maximum Gasteiger partial charge on any atom is 0.328 e. The monoisotopic (exact) mass is 417 g/mol. The first kappa shape index (κ1) is 23.8. The molecule has 1 saturated heterocycles. The number of hydrogen-bond acceptors (Lipinski definition) is 7. The largest absolute Gasteiger partial charge is 0.478 e. The molecule has 1 aliphatic heterocycles. The second-order valence-corrected chi connectivity index (χ2v) is 8.00. The Labute approximate surface area is 164 Å². The van der Waals surface area contributed by atoms with Gasteiger partial charge in [0.1, 0.15) is 0 Å². The van der Waals surface area contributed by atoms with Crippen LogP contribution in [0.4, 0.5) is 0 Å². The zero-order chi connectivity index (χ0) is 21.2. The number of sulfonamides is 1. The van der Waals surface area contributed by atoms with E-state index in [2.05, 4.69) is 26.6 Å². The van der Waals surface area contributed by atoms with Gasteiger partial charge in [-0.05, 0) is 20.0 Å². The molecule has 0 radical (unpaired) electrons. The molecule has 1 aromatic heterocycles. The summed E-state index contributed by atoms with van der Waals surface area (Å²) in [7, 11) is 0.413. The lowest BCUT2D eigenvalue weighted by molar-refractivity contribution is -0.134. The topological polar surface area (TPSA) is 145 Å². The number of aromatic nitrogens is 2. The van der Waals surface area contributed by atoms with Crippen molar-refractivity contribution >= 4 is 22.0 Å². The Morgan fingerprint density at radius 1 is 1.14 bits per heavy atom. The number of nitrogens with one attached hydrogen (secondary N) is 1. The van der Waals surface area contributed by atoms with Crippen LogP contribution in [0.1, 0.15) is 6.42 Å². The van der Waals surface area contributed by atoms with E-state index in [0.29, 0.717) is 18.7 Å². The Morgan fingerprint density at radius 2 is 1.71 bits per heavy atom. The van der Waals surface area contributed by atoms with Crippen molar-refractivity contribution in [3.63, 3.8) is 0 Å². The van der Waals surface area contributed by atoms with E-state index in [9.17, 15) is 18.0 Å². The highest BCUT2D eigenvalue weighted by molar-refractivity contribution is 7.89. The Balaban J connectivity index is 0.000000416. The molecule has 28 heavy (non-hydrogen) atoms. The molecule has 0 saturated carbocycles. The van der Waals surface area contributed by atoms with E-state index >= 15 is 0 Å². The SMILES string of the molecule is CN1CCN(CCCNS(=O)(=O)c2cn(C)cn2)CC1.O=C(O)/C=C/C(=O)O. The van der Waals surface area contributed by atoms with Crippen LogP contribution in [0.2, 0.25) is 0 Å². The molecule has 2 heterocycles. The zero-order valence-corrected chi connectivity index (χ0v) is 16.8. The molecule has 0 bridgehead atoms. The van der Waals surface area contributed by atoms with Gasteiger partial charge in [0.25, 0.3) is 10.0 Å². The normalized spacial score (nSPS) is 15.9. The van der Waals surface area contributed by atoms with E-state index in [1.165, 1.54) is 12.5 Å². The van der Waals surface area contributed by atoms with Crippen LogP contribution in [-0.2, 0) is 26.7 Å². The average Bonchev–Trinajstić information content (AvgIpc) is 3.06. The van der Waals surface area contributed by atoms with Gasteiger partial charge in [0.15, 0.2) is 5.03 Å². The fourth-order valence-electron chi connectivity index (χ4n) is 2.32. The number of nitrogens with zero attached hydrogens (tertiary/aromatic N) is 4. The van der Waals surface area contributed by atoms with Gasteiger partial charge in [0.2, 0.25) is 0 Å². The number of piperazine rings is 1. The summed E-state index contributed by atoms with van der Waals surface area (Å²) in [5, 5.41) is 15.7. The molecule has 0 spiro atoms. The first-order valence-corrected chi connectivity index (χ1v) is 10.1. The Bertz CT molecular complexity index is 752.